The van der Waals surface area contributed by atoms with Crippen molar-refractivity contribution < 1.29 is 4.74 Å². The zero-order valence-corrected chi connectivity index (χ0v) is 13.2. The van der Waals surface area contributed by atoms with Gasteiger partial charge in [0, 0.05) is 7.11 Å². The smallest absolute Gasteiger partial charge is 0.351 e. The highest BCUT2D eigenvalue weighted by molar-refractivity contribution is 5.36. The van der Waals surface area contributed by atoms with Crippen LogP contribution in [0.3, 0.4) is 0 Å². The summed E-state index contributed by atoms with van der Waals surface area (Å²) in [4.78, 5) is 25.2. The Morgan fingerprint density at radius 2 is 1.75 bits per heavy atom. The fraction of sp³-hybridized carbons (Fsp3) is 0.222. The first-order valence-electron chi connectivity index (χ1n) is 7.80. The summed E-state index contributed by atoms with van der Waals surface area (Å²) >= 11 is 0. The fourth-order valence-corrected chi connectivity index (χ4v) is 3.47. The molecule has 1 aliphatic rings. The van der Waals surface area contributed by atoms with Crippen LogP contribution in [0.1, 0.15) is 23.3 Å². The lowest BCUT2D eigenvalue weighted by molar-refractivity contribution is 0.0609. The third kappa shape index (κ3) is 2.15. The Hall–Kier alpha value is -2.86. The molecule has 1 heterocycles. The Morgan fingerprint density at radius 3 is 2.50 bits per heavy atom. The molecule has 0 radical (unpaired) electrons. The van der Waals surface area contributed by atoms with E-state index in [4.69, 9.17) is 4.74 Å². The van der Waals surface area contributed by atoms with E-state index in [1.54, 1.807) is 31.4 Å². The number of nitrogens with zero attached hydrogens (tertiary/aromatic N) is 2. The maximum absolute atomic E-state index is 12.8. The monoisotopic (exact) mass is 323 g/mol. The number of methoxy groups -OCH3 is 1. The van der Waals surface area contributed by atoms with E-state index in [9.17, 15) is 9.59 Å². The van der Waals surface area contributed by atoms with Crippen LogP contribution in [0.2, 0.25) is 0 Å². The number of rotatable bonds is 3. The van der Waals surface area contributed by atoms with Crippen LogP contribution < -0.4 is 11.4 Å². The van der Waals surface area contributed by atoms with Gasteiger partial charge in [-0.25, -0.2) is 23.9 Å². The lowest BCUT2D eigenvalue weighted by Crippen LogP contribution is -2.31. The molecule has 6 nitrogen and oxygen atoms in total. The van der Waals surface area contributed by atoms with Gasteiger partial charge in [-0.05, 0) is 29.7 Å². The van der Waals surface area contributed by atoms with Gasteiger partial charge in [-0.3, -0.25) is 0 Å². The van der Waals surface area contributed by atoms with Gasteiger partial charge in [0.2, 0.25) is 0 Å². The lowest BCUT2D eigenvalue weighted by atomic mass is 10.1. The molecule has 0 bridgehead atoms. The molecule has 4 rings (SSSR count). The number of hydrogen-bond donors (Lipinski definition) is 1. The minimum absolute atomic E-state index is 0.263. The lowest BCUT2D eigenvalue weighted by Gasteiger charge is -2.18. The highest BCUT2D eigenvalue weighted by Crippen LogP contribution is 2.40. The van der Waals surface area contributed by atoms with Crippen LogP contribution in [0.15, 0.2) is 64.2 Å². The molecular weight excluding hydrogens is 306 g/mol. The summed E-state index contributed by atoms with van der Waals surface area (Å²) in [5.41, 5.74) is 1.91. The number of para-hydroxylation sites is 1. The molecule has 24 heavy (non-hydrogen) atoms. The van der Waals surface area contributed by atoms with Crippen LogP contribution in [0.4, 0.5) is 0 Å². The Morgan fingerprint density at radius 1 is 1.04 bits per heavy atom. The SMILES string of the molecule is CO[C@H]1c2ccccc2C[C@@H]1n1[nH]c(=O)n(-c2ccccc2)c1=O. The van der Waals surface area contributed by atoms with Gasteiger partial charge in [0.05, 0.1) is 11.7 Å². The first-order chi connectivity index (χ1) is 11.7. The van der Waals surface area contributed by atoms with E-state index in [1.807, 2.05) is 30.3 Å². The van der Waals surface area contributed by atoms with Crippen molar-refractivity contribution in [1.82, 2.24) is 14.3 Å². The van der Waals surface area contributed by atoms with Crippen LogP contribution in [0.25, 0.3) is 5.69 Å². The molecular formula is C18H17N3O3. The third-order valence-corrected chi connectivity index (χ3v) is 4.56. The number of aromatic amines is 1. The molecule has 0 unspecified atom stereocenters. The van der Waals surface area contributed by atoms with E-state index in [0.29, 0.717) is 12.1 Å². The van der Waals surface area contributed by atoms with Gasteiger partial charge in [-0.2, -0.15) is 0 Å². The molecule has 1 aliphatic carbocycles. The molecule has 0 aliphatic heterocycles. The summed E-state index contributed by atoms with van der Waals surface area (Å²) in [5.74, 6) is 0. The number of aromatic nitrogens is 3. The van der Waals surface area contributed by atoms with E-state index in [0.717, 1.165) is 15.7 Å². The topological polar surface area (TPSA) is 69.0 Å². The van der Waals surface area contributed by atoms with E-state index in [-0.39, 0.29) is 17.8 Å². The molecule has 6 heteroatoms. The quantitative estimate of drug-likeness (QED) is 0.799. The van der Waals surface area contributed by atoms with E-state index < -0.39 is 5.69 Å². The second kappa shape index (κ2) is 5.65. The van der Waals surface area contributed by atoms with Crippen molar-refractivity contribution in [2.75, 3.05) is 7.11 Å². The van der Waals surface area contributed by atoms with Crippen molar-refractivity contribution in [2.24, 2.45) is 0 Å². The van der Waals surface area contributed by atoms with Gasteiger partial charge in [0.15, 0.2) is 0 Å². The van der Waals surface area contributed by atoms with Crippen molar-refractivity contribution in [3.8, 4) is 5.69 Å². The van der Waals surface area contributed by atoms with Crippen LogP contribution >= 0.6 is 0 Å². The van der Waals surface area contributed by atoms with Gasteiger partial charge >= 0.3 is 11.4 Å². The van der Waals surface area contributed by atoms with Gasteiger partial charge < -0.3 is 4.74 Å². The molecule has 3 aromatic rings. The molecule has 0 fully saturated rings. The van der Waals surface area contributed by atoms with Gasteiger partial charge in [0.25, 0.3) is 0 Å². The predicted octanol–water partition coefficient (Wildman–Crippen LogP) is 1.81. The molecule has 0 spiro atoms. The van der Waals surface area contributed by atoms with Crippen LogP contribution in [-0.4, -0.2) is 21.5 Å². The molecule has 0 saturated carbocycles. The molecule has 0 amide bonds. The van der Waals surface area contributed by atoms with Crippen molar-refractivity contribution in [3.63, 3.8) is 0 Å². The normalized spacial score (nSPS) is 19.4. The summed E-state index contributed by atoms with van der Waals surface area (Å²) in [6.07, 6.45) is 0.379. The van der Waals surface area contributed by atoms with Gasteiger partial charge in [-0.15, -0.1) is 0 Å². The number of benzene rings is 2. The third-order valence-electron chi connectivity index (χ3n) is 4.56. The molecule has 0 saturated heterocycles. The van der Waals surface area contributed by atoms with Crippen LogP contribution in [0, 0.1) is 0 Å². The summed E-state index contributed by atoms with van der Waals surface area (Å²) in [7, 11) is 1.62. The zero-order valence-electron chi connectivity index (χ0n) is 13.2. The zero-order chi connectivity index (χ0) is 16.7. The van der Waals surface area contributed by atoms with Gasteiger partial charge in [-0.1, -0.05) is 42.5 Å². The summed E-state index contributed by atoms with van der Waals surface area (Å²) in [6, 6.07) is 16.6. The summed E-state index contributed by atoms with van der Waals surface area (Å²) in [6.45, 7) is 0. The van der Waals surface area contributed by atoms with E-state index >= 15 is 0 Å². The number of nitrogens with one attached hydrogen (secondary N) is 1. The minimum Gasteiger partial charge on any atom is -0.374 e. The number of H-pyrrole nitrogens is 1. The Bertz CT molecular complexity index is 984. The minimum atomic E-state index is -0.447. The predicted molar refractivity (Wildman–Crippen MR) is 89.6 cm³/mol. The van der Waals surface area contributed by atoms with Crippen LogP contribution in [0.5, 0.6) is 0 Å². The first-order valence-corrected chi connectivity index (χ1v) is 7.80. The average molecular weight is 323 g/mol. The second-order valence-corrected chi connectivity index (χ2v) is 5.87. The van der Waals surface area contributed by atoms with Crippen molar-refractivity contribution in [1.29, 1.82) is 0 Å². The number of ether oxygens (including phenoxy) is 1. The average Bonchev–Trinajstić information content (AvgIpc) is 3.12. The maximum Gasteiger partial charge on any atom is 0.351 e. The Labute approximate surface area is 137 Å². The van der Waals surface area contributed by atoms with Crippen LogP contribution in [-0.2, 0) is 11.2 Å². The number of fused-ring (bicyclic) bond motifs is 1. The van der Waals surface area contributed by atoms with E-state index in [2.05, 4.69) is 5.10 Å². The summed E-state index contributed by atoms with van der Waals surface area (Å²) in [5, 5.41) is 2.68. The second-order valence-electron chi connectivity index (χ2n) is 5.87. The molecule has 1 aromatic heterocycles. The van der Waals surface area contributed by atoms with Crippen molar-refractivity contribution >= 4 is 0 Å². The van der Waals surface area contributed by atoms with Gasteiger partial charge in [0.1, 0.15) is 6.10 Å². The molecule has 122 valence electrons. The maximum atomic E-state index is 12.8. The van der Waals surface area contributed by atoms with Crippen molar-refractivity contribution in [3.05, 3.63) is 86.7 Å². The fourth-order valence-electron chi connectivity index (χ4n) is 3.47. The van der Waals surface area contributed by atoms with E-state index in [1.165, 1.54) is 4.68 Å². The standard InChI is InChI=1S/C18H17N3O3/c1-24-16-14-10-6-5-7-12(14)11-15(16)21-18(23)20(17(22)19-21)13-8-3-2-4-9-13/h2-10,15-16H,11H2,1H3,(H,19,22)/t15-,16-/m0/s1. The largest absolute Gasteiger partial charge is 0.374 e. The Balaban J connectivity index is 1.82. The van der Waals surface area contributed by atoms with Crippen molar-refractivity contribution in [2.45, 2.75) is 18.6 Å². The Kier molecular flexibility index (Phi) is 3.46. The molecule has 2 aromatic carbocycles. The highest BCUT2D eigenvalue weighted by Gasteiger charge is 2.35. The first kappa shape index (κ1) is 14.7. The highest BCUT2D eigenvalue weighted by atomic mass is 16.5. The molecule has 2 atom stereocenters. The number of hydrogen-bond acceptors (Lipinski definition) is 3. The summed E-state index contributed by atoms with van der Waals surface area (Å²) < 4.78 is 8.16. The molecule has 1 N–H and O–H groups in total.